The van der Waals surface area contributed by atoms with Crippen LogP contribution in [0.15, 0.2) is 23.1 Å². The molecule has 1 N–H and O–H groups in total. The molecule has 1 aliphatic heterocycles. The fourth-order valence-corrected chi connectivity index (χ4v) is 4.08. The smallest absolute Gasteiger partial charge is 0.317 e. The molecule has 0 saturated carbocycles. The third kappa shape index (κ3) is 3.56. The van der Waals surface area contributed by atoms with Gasteiger partial charge in [-0.2, -0.15) is 17.5 Å². The van der Waals surface area contributed by atoms with Gasteiger partial charge in [-0.05, 0) is 44.1 Å². The molecular weight excluding hydrogens is 341 g/mol. The molecule has 1 aromatic rings. The van der Waals surface area contributed by atoms with Gasteiger partial charge < -0.3 is 5.32 Å². The minimum atomic E-state index is -4.70. The van der Waals surface area contributed by atoms with Crippen molar-refractivity contribution in [2.45, 2.75) is 30.0 Å². The number of sulfonamides is 1. The zero-order valence-corrected chi connectivity index (χ0v) is 13.4. The van der Waals surface area contributed by atoms with Gasteiger partial charge in [-0.3, -0.25) is 0 Å². The van der Waals surface area contributed by atoms with E-state index in [9.17, 15) is 21.6 Å². The number of benzene rings is 1. The Morgan fingerprint density at radius 1 is 1.27 bits per heavy atom. The van der Waals surface area contributed by atoms with E-state index in [2.05, 4.69) is 5.32 Å². The van der Waals surface area contributed by atoms with E-state index in [1.54, 1.807) is 0 Å². The Balaban J connectivity index is 2.37. The number of hydrogen-bond acceptors (Lipinski definition) is 3. The summed E-state index contributed by atoms with van der Waals surface area (Å²) in [5, 5.41) is 2.59. The molecule has 0 spiro atoms. The highest BCUT2D eigenvalue weighted by Crippen LogP contribution is 2.36. The van der Waals surface area contributed by atoms with Gasteiger partial charge in [0.15, 0.2) is 0 Å². The normalized spacial score (nSPS) is 17.9. The minimum Gasteiger partial charge on any atom is -0.317 e. The van der Waals surface area contributed by atoms with Crippen LogP contribution in [0.25, 0.3) is 0 Å². The number of nitrogens with zero attached hydrogens (tertiary/aromatic N) is 1. The summed E-state index contributed by atoms with van der Waals surface area (Å²) in [4.78, 5) is -0.398. The third-order valence-corrected chi connectivity index (χ3v) is 5.98. The van der Waals surface area contributed by atoms with Crippen molar-refractivity contribution >= 4 is 21.6 Å². The number of hydrogen-bond donors (Lipinski definition) is 1. The van der Waals surface area contributed by atoms with Crippen LogP contribution in [-0.4, -0.2) is 38.9 Å². The lowest BCUT2D eigenvalue weighted by molar-refractivity contribution is -0.137. The molecule has 2 rings (SSSR count). The molecule has 0 unspecified atom stereocenters. The molecule has 1 saturated heterocycles. The zero-order valence-electron chi connectivity index (χ0n) is 11.8. The van der Waals surface area contributed by atoms with Crippen LogP contribution >= 0.6 is 11.6 Å². The van der Waals surface area contributed by atoms with Gasteiger partial charge >= 0.3 is 6.18 Å². The van der Waals surface area contributed by atoms with Crippen molar-refractivity contribution in [3.8, 4) is 0 Å². The second-order valence-corrected chi connectivity index (χ2v) is 7.55. The van der Waals surface area contributed by atoms with Crippen LogP contribution < -0.4 is 5.32 Å². The lowest BCUT2D eigenvalue weighted by Crippen LogP contribution is -2.43. The SMILES string of the molecule is CN(C1CCNCC1)S(=O)(=O)c1ccc(Cl)c(C(F)(F)F)c1. The lowest BCUT2D eigenvalue weighted by atomic mass is 10.1. The largest absolute Gasteiger partial charge is 0.417 e. The highest BCUT2D eigenvalue weighted by molar-refractivity contribution is 7.89. The molecule has 4 nitrogen and oxygen atoms in total. The molecule has 0 aromatic heterocycles. The first-order valence-corrected chi connectivity index (χ1v) is 8.51. The van der Waals surface area contributed by atoms with Gasteiger partial charge in [0.25, 0.3) is 0 Å². The molecule has 0 bridgehead atoms. The molecular formula is C13H16ClF3N2O2S. The average Bonchev–Trinajstić information content (AvgIpc) is 2.46. The average molecular weight is 357 g/mol. The molecule has 1 aromatic carbocycles. The van der Waals surface area contributed by atoms with Crippen molar-refractivity contribution in [2.75, 3.05) is 20.1 Å². The minimum absolute atomic E-state index is 0.226. The Kier molecular flexibility index (Phi) is 5.06. The molecule has 0 radical (unpaired) electrons. The van der Waals surface area contributed by atoms with Crippen LogP contribution in [0.5, 0.6) is 0 Å². The second-order valence-electron chi connectivity index (χ2n) is 5.14. The summed E-state index contributed by atoms with van der Waals surface area (Å²) in [5.41, 5.74) is -1.14. The molecule has 0 aliphatic carbocycles. The number of halogens is 4. The van der Waals surface area contributed by atoms with E-state index in [1.165, 1.54) is 7.05 Å². The van der Waals surface area contributed by atoms with E-state index in [1.807, 2.05) is 0 Å². The quantitative estimate of drug-likeness (QED) is 0.906. The van der Waals surface area contributed by atoms with Gasteiger partial charge in [-0.1, -0.05) is 11.6 Å². The number of alkyl halides is 3. The Hall–Kier alpha value is -0.830. The van der Waals surface area contributed by atoms with Crippen molar-refractivity contribution in [2.24, 2.45) is 0 Å². The fourth-order valence-electron chi connectivity index (χ4n) is 2.41. The van der Waals surface area contributed by atoms with Crippen molar-refractivity contribution in [1.82, 2.24) is 9.62 Å². The van der Waals surface area contributed by atoms with Gasteiger partial charge in [0.2, 0.25) is 10.0 Å². The highest BCUT2D eigenvalue weighted by atomic mass is 35.5. The van der Waals surface area contributed by atoms with E-state index >= 15 is 0 Å². The summed E-state index contributed by atoms with van der Waals surface area (Å²) in [5.74, 6) is 0. The molecule has 9 heteroatoms. The molecule has 1 fully saturated rings. The van der Waals surface area contributed by atoms with Crippen LogP contribution in [-0.2, 0) is 16.2 Å². The maximum atomic E-state index is 12.9. The van der Waals surface area contributed by atoms with Crippen LogP contribution in [0.1, 0.15) is 18.4 Å². The number of nitrogens with one attached hydrogen (secondary N) is 1. The molecule has 0 atom stereocenters. The van der Waals surface area contributed by atoms with Gasteiger partial charge in [-0.25, -0.2) is 8.42 Å². The lowest BCUT2D eigenvalue weighted by Gasteiger charge is -2.31. The van der Waals surface area contributed by atoms with Crippen LogP contribution in [0.4, 0.5) is 13.2 Å². The molecule has 0 amide bonds. The van der Waals surface area contributed by atoms with Crippen molar-refractivity contribution in [1.29, 1.82) is 0 Å². The van der Waals surface area contributed by atoms with Gasteiger partial charge in [0, 0.05) is 13.1 Å². The van der Waals surface area contributed by atoms with Crippen LogP contribution in [0.2, 0.25) is 5.02 Å². The Morgan fingerprint density at radius 2 is 1.86 bits per heavy atom. The molecule has 124 valence electrons. The first kappa shape index (κ1) is 17.5. The summed E-state index contributed by atoms with van der Waals surface area (Å²) in [6, 6.07) is 2.43. The van der Waals surface area contributed by atoms with Crippen LogP contribution in [0, 0.1) is 0 Å². The predicted molar refractivity (Wildman–Crippen MR) is 77.3 cm³/mol. The van der Waals surface area contributed by atoms with E-state index < -0.39 is 31.7 Å². The first-order chi connectivity index (χ1) is 10.1. The van der Waals surface area contributed by atoms with Crippen molar-refractivity contribution < 1.29 is 21.6 Å². The molecule has 1 heterocycles. The summed E-state index contributed by atoms with van der Waals surface area (Å²) in [6.07, 6.45) is -3.46. The zero-order chi connectivity index (χ0) is 16.5. The standard InChI is InChI=1S/C13H16ClF3N2O2S/c1-19(9-4-6-18-7-5-9)22(20,21)10-2-3-12(14)11(8-10)13(15,16)17/h2-3,8-9,18H,4-7H2,1H3. The fraction of sp³-hybridized carbons (Fsp3) is 0.538. The second kappa shape index (κ2) is 6.35. The monoisotopic (exact) mass is 356 g/mol. The van der Waals surface area contributed by atoms with E-state index in [0.29, 0.717) is 32.0 Å². The van der Waals surface area contributed by atoms with Crippen molar-refractivity contribution in [3.63, 3.8) is 0 Å². The van der Waals surface area contributed by atoms with E-state index in [4.69, 9.17) is 11.6 Å². The molecule has 1 aliphatic rings. The topological polar surface area (TPSA) is 49.4 Å². The van der Waals surface area contributed by atoms with Crippen LogP contribution in [0.3, 0.4) is 0 Å². The Bertz CT molecular complexity index is 643. The predicted octanol–water partition coefficient (Wildman–Crippen LogP) is 2.73. The Morgan fingerprint density at radius 3 is 2.41 bits per heavy atom. The van der Waals surface area contributed by atoms with Gasteiger partial charge in [-0.15, -0.1) is 0 Å². The van der Waals surface area contributed by atoms with Crippen molar-refractivity contribution in [3.05, 3.63) is 28.8 Å². The number of rotatable bonds is 3. The Labute approximate surface area is 132 Å². The van der Waals surface area contributed by atoms with E-state index in [0.717, 1.165) is 16.4 Å². The third-order valence-electron chi connectivity index (χ3n) is 3.74. The van der Waals surface area contributed by atoms with Gasteiger partial charge in [0.1, 0.15) is 0 Å². The summed E-state index contributed by atoms with van der Waals surface area (Å²) >= 11 is 5.52. The van der Waals surface area contributed by atoms with Gasteiger partial charge in [0.05, 0.1) is 15.5 Å². The summed E-state index contributed by atoms with van der Waals surface area (Å²) in [7, 11) is -2.60. The number of piperidine rings is 1. The van der Waals surface area contributed by atoms with E-state index in [-0.39, 0.29) is 6.04 Å². The highest BCUT2D eigenvalue weighted by Gasteiger charge is 2.36. The molecule has 22 heavy (non-hydrogen) atoms. The summed E-state index contributed by atoms with van der Waals surface area (Å²) in [6.45, 7) is 1.36. The summed E-state index contributed by atoms with van der Waals surface area (Å²) < 4.78 is 64.8. The maximum absolute atomic E-state index is 12.9. The first-order valence-electron chi connectivity index (χ1n) is 6.69. The maximum Gasteiger partial charge on any atom is 0.417 e.